The van der Waals surface area contributed by atoms with Crippen molar-refractivity contribution in [2.75, 3.05) is 0 Å². The Kier molecular flexibility index (Phi) is 5.52. The third-order valence-electron chi connectivity index (χ3n) is 2.21. The van der Waals surface area contributed by atoms with Crippen LogP contribution in [0.15, 0.2) is 30.3 Å². The summed E-state index contributed by atoms with van der Waals surface area (Å²) in [4.78, 5) is 11.4. The quantitative estimate of drug-likeness (QED) is 0.404. The largest absolute Gasteiger partial charge is 0.427 e. The van der Waals surface area contributed by atoms with Crippen LogP contribution < -0.4 is 4.74 Å². The van der Waals surface area contributed by atoms with Crippen LogP contribution in [0.25, 0.3) is 0 Å². The predicted molar refractivity (Wildman–Crippen MR) is 60.8 cm³/mol. The number of hydrogen-bond donors (Lipinski definition) is 0. The van der Waals surface area contributed by atoms with Gasteiger partial charge in [0.05, 0.1) is 0 Å². The normalized spacial score (nSPS) is 9.93. The van der Waals surface area contributed by atoms with E-state index in [1.807, 2.05) is 18.2 Å². The number of unbranched alkanes of at least 4 members (excludes halogenated alkanes) is 3. The molecule has 0 aliphatic carbocycles. The molecule has 1 rings (SSSR count). The first-order valence-corrected chi connectivity index (χ1v) is 5.58. The standard InChI is InChI=1S/C13H18O2/c1-2-3-4-8-11-13(14)15-12-9-6-5-7-10-12/h5-7,9-10H,2-4,8,11H2,1H3. The molecule has 0 heterocycles. The monoisotopic (exact) mass is 206 g/mol. The Balaban J connectivity index is 2.19. The Bertz CT molecular complexity index is 280. The first-order valence-electron chi connectivity index (χ1n) is 5.58. The second-order valence-electron chi connectivity index (χ2n) is 3.60. The Hall–Kier alpha value is -1.31. The van der Waals surface area contributed by atoms with Gasteiger partial charge in [-0.2, -0.15) is 0 Å². The first kappa shape index (κ1) is 11.8. The molecule has 0 fully saturated rings. The molecule has 0 saturated heterocycles. The molecule has 2 nitrogen and oxygen atoms in total. The molecular formula is C13H18O2. The Morgan fingerprint density at radius 3 is 2.53 bits per heavy atom. The smallest absolute Gasteiger partial charge is 0.311 e. The van der Waals surface area contributed by atoms with Gasteiger partial charge in [-0.15, -0.1) is 0 Å². The van der Waals surface area contributed by atoms with Crippen LogP contribution in [-0.2, 0) is 4.79 Å². The second-order valence-corrected chi connectivity index (χ2v) is 3.60. The molecule has 0 spiro atoms. The van der Waals surface area contributed by atoms with E-state index in [0.29, 0.717) is 12.2 Å². The molecule has 0 unspecified atom stereocenters. The minimum atomic E-state index is -0.127. The highest BCUT2D eigenvalue weighted by Gasteiger charge is 2.03. The number of hydrogen-bond acceptors (Lipinski definition) is 2. The van der Waals surface area contributed by atoms with Crippen molar-refractivity contribution in [1.29, 1.82) is 0 Å². The third-order valence-corrected chi connectivity index (χ3v) is 2.21. The summed E-state index contributed by atoms with van der Waals surface area (Å²) in [7, 11) is 0. The summed E-state index contributed by atoms with van der Waals surface area (Å²) in [5.41, 5.74) is 0. The van der Waals surface area contributed by atoms with Crippen LogP contribution in [-0.4, -0.2) is 5.97 Å². The van der Waals surface area contributed by atoms with Crippen LogP contribution in [0.1, 0.15) is 39.0 Å². The first-order chi connectivity index (χ1) is 7.33. The Morgan fingerprint density at radius 2 is 1.87 bits per heavy atom. The molecule has 0 aliphatic heterocycles. The topological polar surface area (TPSA) is 26.3 Å². The minimum absolute atomic E-state index is 0.127. The number of rotatable bonds is 6. The van der Waals surface area contributed by atoms with Crippen LogP contribution >= 0.6 is 0 Å². The average Bonchev–Trinajstić information content (AvgIpc) is 2.26. The predicted octanol–water partition coefficient (Wildman–Crippen LogP) is 3.56. The van der Waals surface area contributed by atoms with Gasteiger partial charge in [0.15, 0.2) is 0 Å². The van der Waals surface area contributed by atoms with E-state index in [2.05, 4.69) is 6.92 Å². The van der Waals surface area contributed by atoms with E-state index in [1.165, 1.54) is 12.8 Å². The van der Waals surface area contributed by atoms with Crippen molar-refractivity contribution >= 4 is 5.97 Å². The molecule has 0 N–H and O–H groups in total. The van der Waals surface area contributed by atoms with E-state index in [9.17, 15) is 4.79 Å². The van der Waals surface area contributed by atoms with Crippen molar-refractivity contribution in [3.8, 4) is 5.75 Å². The van der Waals surface area contributed by atoms with E-state index in [4.69, 9.17) is 4.74 Å². The van der Waals surface area contributed by atoms with Crippen molar-refractivity contribution < 1.29 is 9.53 Å². The van der Waals surface area contributed by atoms with Gasteiger partial charge >= 0.3 is 5.97 Å². The number of esters is 1. The van der Waals surface area contributed by atoms with Crippen LogP contribution in [0, 0.1) is 0 Å². The molecule has 0 radical (unpaired) electrons. The van der Waals surface area contributed by atoms with Crippen molar-refractivity contribution in [3.63, 3.8) is 0 Å². The number of para-hydroxylation sites is 1. The lowest BCUT2D eigenvalue weighted by molar-refractivity contribution is -0.134. The highest BCUT2D eigenvalue weighted by molar-refractivity contribution is 5.72. The summed E-state index contributed by atoms with van der Waals surface area (Å²) in [6.45, 7) is 2.16. The van der Waals surface area contributed by atoms with Gasteiger partial charge in [0.1, 0.15) is 5.75 Å². The summed E-state index contributed by atoms with van der Waals surface area (Å²) < 4.78 is 5.16. The van der Waals surface area contributed by atoms with E-state index >= 15 is 0 Å². The molecule has 15 heavy (non-hydrogen) atoms. The van der Waals surface area contributed by atoms with Gasteiger partial charge in [0, 0.05) is 6.42 Å². The van der Waals surface area contributed by atoms with E-state index < -0.39 is 0 Å². The maximum absolute atomic E-state index is 11.4. The highest BCUT2D eigenvalue weighted by Crippen LogP contribution is 2.10. The minimum Gasteiger partial charge on any atom is -0.427 e. The Labute approximate surface area is 91.3 Å². The van der Waals surface area contributed by atoms with Crippen LogP contribution in [0.5, 0.6) is 5.75 Å². The fourth-order valence-corrected chi connectivity index (χ4v) is 1.37. The molecule has 0 amide bonds. The van der Waals surface area contributed by atoms with E-state index in [-0.39, 0.29) is 5.97 Å². The lowest BCUT2D eigenvalue weighted by atomic mass is 10.1. The molecule has 1 aromatic carbocycles. The average molecular weight is 206 g/mol. The lowest BCUT2D eigenvalue weighted by Gasteiger charge is -2.03. The SMILES string of the molecule is CCCCCCC(=O)Oc1ccccc1. The zero-order valence-electron chi connectivity index (χ0n) is 9.24. The second kappa shape index (κ2) is 7.04. The van der Waals surface area contributed by atoms with Gasteiger partial charge in [-0.25, -0.2) is 0 Å². The number of carbonyl (C=O) groups excluding carboxylic acids is 1. The summed E-state index contributed by atoms with van der Waals surface area (Å²) in [5.74, 6) is 0.510. The maximum Gasteiger partial charge on any atom is 0.311 e. The lowest BCUT2D eigenvalue weighted by Crippen LogP contribution is -2.07. The number of ether oxygens (including phenoxy) is 1. The van der Waals surface area contributed by atoms with Gasteiger partial charge in [0.2, 0.25) is 0 Å². The van der Waals surface area contributed by atoms with E-state index in [1.54, 1.807) is 12.1 Å². The highest BCUT2D eigenvalue weighted by atomic mass is 16.5. The summed E-state index contributed by atoms with van der Waals surface area (Å²) in [6.07, 6.45) is 4.95. The fourth-order valence-electron chi connectivity index (χ4n) is 1.37. The molecular weight excluding hydrogens is 188 g/mol. The van der Waals surface area contributed by atoms with Gasteiger partial charge in [-0.3, -0.25) is 4.79 Å². The molecule has 0 saturated carbocycles. The molecule has 82 valence electrons. The molecule has 0 atom stereocenters. The molecule has 2 heteroatoms. The van der Waals surface area contributed by atoms with E-state index in [0.717, 1.165) is 12.8 Å². The van der Waals surface area contributed by atoms with Gasteiger partial charge in [-0.1, -0.05) is 44.4 Å². The zero-order chi connectivity index (χ0) is 10.9. The van der Waals surface area contributed by atoms with Crippen molar-refractivity contribution in [3.05, 3.63) is 30.3 Å². The Morgan fingerprint density at radius 1 is 1.13 bits per heavy atom. The summed E-state index contributed by atoms with van der Waals surface area (Å²) >= 11 is 0. The molecule has 0 aliphatic rings. The van der Waals surface area contributed by atoms with Crippen LogP contribution in [0.2, 0.25) is 0 Å². The third kappa shape index (κ3) is 5.21. The number of benzene rings is 1. The fraction of sp³-hybridized carbons (Fsp3) is 0.462. The molecule has 0 aromatic heterocycles. The van der Waals surface area contributed by atoms with Crippen molar-refractivity contribution in [2.24, 2.45) is 0 Å². The van der Waals surface area contributed by atoms with Crippen molar-refractivity contribution in [2.45, 2.75) is 39.0 Å². The van der Waals surface area contributed by atoms with Gasteiger partial charge in [-0.05, 0) is 18.6 Å². The summed E-state index contributed by atoms with van der Waals surface area (Å²) in [6, 6.07) is 9.21. The van der Waals surface area contributed by atoms with Crippen LogP contribution in [0.4, 0.5) is 0 Å². The van der Waals surface area contributed by atoms with Gasteiger partial charge in [0.25, 0.3) is 0 Å². The summed E-state index contributed by atoms with van der Waals surface area (Å²) in [5, 5.41) is 0. The molecule has 1 aromatic rings. The molecule has 0 bridgehead atoms. The zero-order valence-corrected chi connectivity index (χ0v) is 9.24. The number of carbonyl (C=O) groups is 1. The van der Waals surface area contributed by atoms with Gasteiger partial charge < -0.3 is 4.74 Å². The van der Waals surface area contributed by atoms with Crippen LogP contribution in [0.3, 0.4) is 0 Å². The van der Waals surface area contributed by atoms with Crippen molar-refractivity contribution in [1.82, 2.24) is 0 Å². The maximum atomic E-state index is 11.4.